The van der Waals surface area contributed by atoms with Crippen LogP contribution in [0.1, 0.15) is 33.4 Å². The van der Waals surface area contributed by atoms with Crippen molar-refractivity contribution in [2.45, 2.75) is 12.8 Å². The number of benzene rings is 3. The van der Waals surface area contributed by atoms with Gasteiger partial charge in [-0.05, 0) is 130 Å². The van der Waals surface area contributed by atoms with Gasteiger partial charge in [0.15, 0.2) is 0 Å². The van der Waals surface area contributed by atoms with Crippen LogP contribution in [0.5, 0.6) is 0 Å². The molecule has 4 aromatic heterocycles. The van der Waals surface area contributed by atoms with E-state index in [1.807, 2.05) is 69.6 Å². The molecule has 0 spiro atoms. The van der Waals surface area contributed by atoms with Crippen molar-refractivity contribution in [2.75, 3.05) is 0 Å². The van der Waals surface area contributed by atoms with Gasteiger partial charge in [-0.3, -0.25) is 0 Å². The molecule has 186 valence electrons. The van der Waals surface area contributed by atoms with Crippen LogP contribution in [-0.2, 0) is 12.8 Å². The van der Waals surface area contributed by atoms with Crippen molar-refractivity contribution < 1.29 is 0 Å². The van der Waals surface area contributed by atoms with Crippen molar-refractivity contribution in [3.8, 4) is 52.5 Å². The molecule has 0 atom stereocenters. The summed E-state index contributed by atoms with van der Waals surface area (Å²) in [7, 11) is 0. The number of hydrogen-bond donors (Lipinski definition) is 0. The molecule has 2 aliphatic rings. The highest BCUT2D eigenvalue weighted by Crippen LogP contribution is 2.53. The standard InChI is InChI=1S/C34H16N2S4/c35-15-17-1-3-27-21(5-17)11-29(37-27)31-13-23-7-19-10-26-20(9-25(19)33(23)39-31)8-24-14-32(40-34(24)26)30-12-22-6-18(16-36)2-4-28(22)38-30/h1-6,9-14H,7-8H2. The molecule has 0 unspecified atom stereocenters. The summed E-state index contributed by atoms with van der Waals surface area (Å²) in [6.07, 6.45) is 1.98. The SMILES string of the molecule is N#Cc1ccc2sc(-c3cc4c(s3)-c3cc5c(cc3C4)-c3sc(-c4cc6cc(C#N)ccc6s4)cc3C5)cc2c1. The predicted molar refractivity (Wildman–Crippen MR) is 170 cm³/mol. The second-order valence-electron chi connectivity index (χ2n) is 10.4. The second kappa shape index (κ2) is 8.24. The molecule has 0 amide bonds. The first-order valence-corrected chi connectivity index (χ1v) is 16.2. The second-order valence-corrected chi connectivity index (χ2v) is 14.7. The van der Waals surface area contributed by atoms with Crippen molar-refractivity contribution in [3.05, 3.63) is 106 Å². The number of thiophene rings is 4. The predicted octanol–water partition coefficient (Wildman–Crippen LogP) is 10.5. The number of nitriles is 2. The zero-order valence-electron chi connectivity index (χ0n) is 20.9. The van der Waals surface area contributed by atoms with Crippen LogP contribution in [0, 0.1) is 22.7 Å². The van der Waals surface area contributed by atoms with E-state index in [9.17, 15) is 10.5 Å². The van der Waals surface area contributed by atoms with Gasteiger partial charge < -0.3 is 0 Å². The number of fused-ring (bicyclic) bond motifs is 8. The van der Waals surface area contributed by atoms with Crippen LogP contribution in [0.15, 0.2) is 72.8 Å². The van der Waals surface area contributed by atoms with Gasteiger partial charge in [0.2, 0.25) is 0 Å². The van der Waals surface area contributed by atoms with Crippen LogP contribution in [-0.4, -0.2) is 0 Å². The normalized spacial score (nSPS) is 12.8. The average molecular weight is 581 g/mol. The van der Waals surface area contributed by atoms with Crippen molar-refractivity contribution >= 4 is 65.5 Å². The van der Waals surface area contributed by atoms with Crippen molar-refractivity contribution in [3.63, 3.8) is 0 Å². The number of nitrogens with zero attached hydrogens (tertiary/aromatic N) is 2. The van der Waals surface area contributed by atoms with E-state index in [0.29, 0.717) is 11.1 Å². The summed E-state index contributed by atoms with van der Waals surface area (Å²) in [5, 5.41) is 20.8. The summed E-state index contributed by atoms with van der Waals surface area (Å²) in [5.74, 6) is 0. The molecule has 4 heterocycles. The van der Waals surface area contributed by atoms with Crippen molar-refractivity contribution in [1.82, 2.24) is 0 Å². The lowest BCUT2D eigenvalue weighted by Gasteiger charge is -2.06. The molecule has 6 heteroatoms. The Labute approximate surface area is 246 Å². The zero-order chi connectivity index (χ0) is 26.5. The van der Waals surface area contributed by atoms with Crippen LogP contribution in [0.2, 0.25) is 0 Å². The third-order valence-corrected chi connectivity index (χ3v) is 13.0. The highest BCUT2D eigenvalue weighted by atomic mass is 32.1. The van der Waals surface area contributed by atoms with E-state index in [0.717, 1.165) is 23.6 Å². The average Bonchev–Trinajstić information content (AvgIpc) is 3.79. The Kier molecular flexibility index (Phi) is 4.68. The fourth-order valence-corrected chi connectivity index (χ4v) is 10.8. The summed E-state index contributed by atoms with van der Waals surface area (Å²) >= 11 is 7.44. The fourth-order valence-electron chi connectivity index (χ4n) is 6.10. The summed E-state index contributed by atoms with van der Waals surface area (Å²) in [4.78, 5) is 8.05. The Morgan fingerprint density at radius 1 is 0.475 bits per heavy atom. The Bertz CT molecular complexity index is 2140. The molecule has 40 heavy (non-hydrogen) atoms. The van der Waals surface area contributed by atoms with Crippen molar-refractivity contribution in [1.29, 1.82) is 10.5 Å². The summed E-state index contributed by atoms with van der Waals surface area (Å²) in [6, 6.07) is 30.6. The maximum absolute atomic E-state index is 9.26. The van der Waals surface area contributed by atoms with Crippen LogP contribution >= 0.6 is 45.3 Å². The number of rotatable bonds is 2. The Balaban J connectivity index is 1.06. The molecule has 7 aromatic rings. The van der Waals surface area contributed by atoms with E-state index >= 15 is 0 Å². The van der Waals surface area contributed by atoms with Gasteiger partial charge in [-0.15, -0.1) is 45.3 Å². The van der Waals surface area contributed by atoms with E-state index in [4.69, 9.17) is 0 Å². The molecule has 2 nitrogen and oxygen atoms in total. The molecule has 0 N–H and O–H groups in total. The zero-order valence-corrected chi connectivity index (χ0v) is 24.1. The van der Waals surface area contributed by atoms with Crippen LogP contribution in [0.25, 0.3) is 60.6 Å². The van der Waals surface area contributed by atoms with E-state index in [1.165, 1.54) is 72.0 Å². The van der Waals surface area contributed by atoms with E-state index in [-0.39, 0.29) is 0 Å². The van der Waals surface area contributed by atoms with E-state index in [1.54, 1.807) is 0 Å². The van der Waals surface area contributed by atoms with Gasteiger partial charge in [0.1, 0.15) is 0 Å². The topological polar surface area (TPSA) is 47.6 Å². The Hall–Kier alpha value is -4.04. The van der Waals surface area contributed by atoms with Gasteiger partial charge in [0, 0.05) is 38.7 Å². The summed E-state index contributed by atoms with van der Waals surface area (Å²) < 4.78 is 2.46. The molecule has 0 aliphatic heterocycles. The summed E-state index contributed by atoms with van der Waals surface area (Å²) in [5.41, 5.74) is 9.99. The quantitative estimate of drug-likeness (QED) is 0.204. The van der Waals surface area contributed by atoms with Crippen LogP contribution < -0.4 is 0 Å². The van der Waals surface area contributed by atoms with Gasteiger partial charge in [-0.25, -0.2) is 0 Å². The van der Waals surface area contributed by atoms with Gasteiger partial charge in [-0.1, -0.05) is 0 Å². The van der Waals surface area contributed by atoms with Gasteiger partial charge in [-0.2, -0.15) is 10.5 Å². The third-order valence-electron chi connectivity index (χ3n) is 7.97. The first-order valence-electron chi connectivity index (χ1n) is 12.9. The van der Waals surface area contributed by atoms with Crippen LogP contribution in [0.4, 0.5) is 0 Å². The third kappa shape index (κ3) is 3.29. The first kappa shape index (κ1) is 22.7. The molecular weight excluding hydrogens is 565 g/mol. The van der Waals surface area contributed by atoms with Gasteiger partial charge in [0.05, 0.1) is 23.3 Å². The molecule has 9 rings (SSSR count). The molecule has 0 radical (unpaired) electrons. The first-order chi connectivity index (χ1) is 19.6. The highest BCUT2D eigenvalue weighted by molar-refractivity contribution is 7.27. The van der Waals surface area contributed by atoms with E-state index < -0.39 is 0 Å². The van der Waals surface area contributed by atoms with E-state index in [2.05, 4.69) is 60.7 Å². The molecular formula is C34H16N2S4. The van der Waals surface area contributed by atoms with Crippen molar-refractivity contribution in [2.24, 2.45) is 0 Å². The monoisotopic (exact) mass is 580 g/mol. The van der Waals surface area contributed by atoms with Gasteiger partial charge >= 0.3 is 0 Å². The minimum atomic E-state index is 0.715. The molecule has 0 fully saturated rings. The highest BCUT2D eigenvalue weighted by Gasteiger charge is 2.29. The maximum Gasteiger partial charge on any atom is 0.0991 e. The molecule has 3 aromatic carbocycles. The molecule has 0 saturated carbocycles. The largest absolute Gasteiger partial charge is 0.192 e. The fraction of sp³-hybridized carbons (Fsp3) is 0.0588. The van der Waals surface area contributed by atoms with Crippen LogP contribution in [0.3, 0.4) is 0 Å². The smallest absolute Gasteiger partial charge is 0.0991 e. The molecule has 0 saturated heterocycles. The maximum atomic E-state index is 9.26. The minimum absolute atomic E-state index is 0.715. The summed E-state index contributed by atoms with van der Waals surface area (Å²) in [6.45, 7) is 0. The Morgan fingerprint density at radius 2 is 0.925 bits per heavy atom. The van der Waals surface area contributed by atoms with Gasteiger partial charge in [0.25, 0.3) is 0 Å². The lowest BCUT2D eigenvalue weighted by atomic mass is 10.0. The minimum Gasteiger partial charge on any atom is -0.192 e. The lowest BCUT2D eigenvalue weighted by Crippen LogP contribution is -1.86. The lowest BCUT2D eigenvalue weighted by molar-refractivity contribution is 1.24. The number of hydrogen-bond acceptors (Lipinski definition) is 6. The Morgan fingerprint density at radius 3 is 1.38 bits per heavy atom. The molecule has 2 aliphatic carbocycles. The molecule has 0 bridgehead atoms.